The number of hydrogen-bond acceptors (Lipinski definition) is 2. The predicted molar refractivity (Wildman–Crippen MR) is 38.9 cm³/mol. The minimum Gasteiger partial charge on any atom is -0.219 e. The van der Waals surface area contributed by atoms with E-state index in [2.05, 4.69) is 0 Å². The normalized spacial score (nSPS) is 27.5. The highest BCUT2D eigenvalue weighted by Crippen LogP contribution is 2.41. The fraction of sp³-hybridized carbons (Fsp3) is 0.429. The number of hydrogen-bond donors (Lipinski definition) is 0. The van der Waals surface area contributed by atoms with Crippen molar-refractivity contribution in [1.29, 1.82) is 0 Å². The first-order valence-corrected chi connectivity index (χ1v) is 4.76. The Kier molecular flexibility index (Phi) is 0.944. The average molecular weight is 156 g/mol. The molecular weight excluding hydrogens is 148 g/mol. The van der Waals surface area contributed by atoms with E-state index in [-0.39, 0.29) is 0 Å². The van der Waals surface area contributed by atoms with Crippen LogP contribution in [0.15, 0.2) is 21.5 Å². The molecule has 0 saturated carbocycles. The first-order chi connectivity index (χ1) is 4.62. The third-order valence-electron chi connectivity index (χ3n) is 2.09. The van der Waals surface area contributed by atoms with Gasteiger partial charge in [-0.2, -0.15) is 0 Å². The fourth-order valence-electron chi connectivity index (χ4n) is 1.38. The Labute approximate surface area is 60.2 Å². The SMILES string of the molecule is CC1=C2C=C(CC1)S2(=O)=O. The zero-order valence-corrected chi connectivity index (χ0v) is 6.53. The smallest absolute Gasteiger partial charge is 0.202 e. The van der Waals surface area contributed by atoms with Gasteiger partial charge in [-0.15, -0.1) is 0 Å². The van der Waals surface area contributed by atoms with Crippen LogP contribution in [-0.2, 0) is 9.84 Å². The second-order valence-electron chi connectivity index (χ2n) is 2.76. The van der Waals surface area contributed by atoms with Gasteiger partial charge in [-0.3, -0.25) is 0 Å². The molecular formula is C7H8O2S. The molecule has 2 aliphatic heterocycles. The van der Waals surface area contributed by atoms with Gasteiger partial charge >= 0.3 is 0 Å². The molecule has 3 rings (SSSR count). The van der Waals surface area contributed by atoms with Crippen molar-refractivity contribution in [2.45, 2.75) is 19.8 Å². The van der Waals surface area contributed by atoms with Gasteiger partial charge in [0.2, 0.25) is 9.84 Å². The molecule has 0 spiro atoms. The highest BCUT2D eigenvalue weighted by atomic mass is 32.2. The Hall–Kier alpha value is -0.570. The van der Waals surface area contributed by atoms with E-state index in [1.807, 2.05) is 6.92 Å². The summed E-state index contributed by atoms with van der Waals surface area (Å²) in [6.45, 7) is 1.89. The fourth-order valence-corrected chi connectivity index (χ4v) is 2.98. The molecule has 3 heteroatoms. The number of allylic oxidation sites excluding steroid dienone is 3. The minimum absolute atomic E-state index is 0.578. The van der Waals surface area contributed by atoms with Crippen LogP contribution in [0.25, 0.3) is 0 Å². The summed E-state index contributed by atoms with van der Waals surface area (Å²) in [5.74, 6) is 0. The zero-order valence-electron chi connectivity index (χ0n) is 5.72. The van der Waals surface area contributed by atoms with Crippen LogP contribution in [0.1, 0.15) is 19.8 Å². The van der Waals surface area contributed by atoms with Crippen molar-refractivity contribution in [3.8, 4) is 0 Å². The molecule has 0 radical (unpaired) electrons. The molecule has 0 saturated heterocycles. The molecule has 0 aromatic rings. The van der Waals surface area contributed by atoms with Crippen LogP contribution in [0, 0.1) is 0 Å². The standard InChI is InChI=1S/C7H8O2S/c1-5-2-3-6-4-7(5)10(6,8)9/h4H,2-3H2,1H3. The lowest BCUT2D eigenvalue weighted by Crippen LogP contribution is -2.21. The van der Waals surface area contributed by atoms with Gasteiger partial charge in [0.05, 0.1) is 9.81 Å². The topological polar surface area (TPSA) is 34.1 Å². The molecule has 1 aliphatic carbocycles. The Balaban J connectivity index is 2.73. The van der Waals surface area contributed by atoms with Crippen molar-refractivity contribution >= 4 is 9.84 Å². The van der Waals surface area contributed by atoms with Gasteiger partial charge in [-0.25, -0.2) is 8.42 Å². The molecule has 2 heterocycles. The number of rotatable bonds is 0. The molecule has 2 bridgehead atoms. The average Bonchev–Trinajstić information content (AvgIpc) is 1.87. The molecule has 0 N–H and O–H groups in total. The van der Waals surface area contributed by atoms with Gasteiger partial charge in [-0.05, 0) is 25.8 Å². The maximum atomic E-state index is 11.1. The van der Waals surface area contributed by atoms with Gasteiger partial charge in [0, 0.05) is 0 Å². The van der Waals surface area contributed by atoms with E-state index in [9.17, 15) is 8.42 Å². The molecule has 10 heavy (non-hydrogen) atoms. The summed E-state index contributed by atoms with van der Waals surface area (Å²) in [4.78, 5) is 1.21. The molecule has 0 atom stereocenters. The molecule has 3 aliphatic rings. The lowest BCUT2D eigenvalue weighted by Gasteiger charge is -2.26. The third-order valence-corrected chi connectivity index (χ3v) is 4.15. The summed E-state index contributed by atoms with van der Waals surface area (Å²) >= 11 is 0. The van der Waals surface area contributed by atoms with Crippen molar-refractivity contribution < 1.29 is 8.42 Å². The molecule has 2 nitrogen and oxygen atoms in total. The summed E-state index contributed by atoms with van der Waals surface area (Å²) in [6.07, 6.45) is 3.44. The van der Waals surface area contributed by atoms with Gasteiger partial charge in [0.25, 0.3) is 0 Å². The van der Waals surface area contributed by atoms with E-state index in [4.69, 9.17) is 0 Å². The maximum Gasteiger partial charge on any atom is 0.202 e. The highest BCUT2D eigenvalue weighted by Gasteiger charge is 2.36. The van der Waals surface area contributed by atoms with Crippen LogP contribution >= 0.6 is 0 Å². The van der Waals surface area contributed by atoms with E-state index in [1.165, 1.54) is 0 Å². The van der Waals surface area contributed by atoms with Crippen molar-refractivity contribution in [3.63, 3.8) is 0 Å². The molecule has 0 amide bonds. The quantitative estimate of drug-likeness (QED) is 0.530. The number of fused-ring (bicyclic) bond motifs is 2. The predicted octanol–water partition coefficient (Wildman–Crippen LogP) is 1.37. The van der Waals surface area contributed by atoms with Crippen LogP contribution in [0.5, 0.6) is 0 Å². The Morgan fingerprint density at radius 2 is 2.10 bits per heavy atom. The van der Waals surface area contributed by atoms with Crippen LogP contribution in [0.3, 0.4) is 0 Å². The van der Waals surface area contributed by atoms with Gasteiger partial charge < -0.3 is 0 Å². The van der Waals surface area contributed by atoms with E-state index in [1.54, 1.807) is 6.08 Å². The summed E-state index contributed by atoms with van der Waals surface area (Å²) < 4.78 is 22.2. The summed E-state index contributed by atoms with van der Waals surface area (Å²) in [5, 5.41) is 0. The molecule has 0 fully saturated rings. The van der Waals surface area contributed by atoms with E-state index in [0.717, 1.165) is 18.4 Å². The van der Waals surface area contributed by atoms with Gasteiger partial charge in [0.1, 0.15) is 0 Å². The summed E-state index contributed by atoms with van der Waals surface area (Å²) in [7, 11) is -2.87. The second kappa shape index (κ2) is 1.53. The largest absolute Gasteiger partial charge is 0.219 e. The van der Waals surface area contributed by atoms with E-state index >= 15 is 0 Å². The van der Waals surface area contributed by atoms with Gasteiger partial charge in [0.15, 0.2) is 0 Å². The van der Waals surface area contributed by atoms with Crippen molar-refractivity contribution in [2.24, 2.45) is 0 Å². The van der Waals surface area contributed by atoms with Crippen molar-refractivity contribution in [1.82, 2.24) is 0 Å². The monoisotopic (exact) mass is 156 g/mol. The maximum absolute atomic E-state index is 11.1. The minimum atomic E-state index is -2.87. The highest BCUT2D eigenvalue weighted by molar-refractivity contribution is 8.00. The van der Waals surface area contributed by atoms with Crippen molar-refractivity contribution in [2.75, 3.05) is 0 Å². The lowest BCUT2D eigenvalue weighted by molar-refractivity contribution is 0.599. The summed E-state index contributed by atoms with van der Waals surface area (Å²) in [5.41, 5.74) is 1.02. The zero-order chi connectivity index (χ0) is 7.35. The summed E-state index contributed by atoms with van der Waals surface area (Å²) in [6, 6.07) is 0. The Morgan fingerprint density at radius 1 is 1.40 bits per heavy atom. The Morgan fingerprint density at radius 3 is 2.40 bits per heavy atom. The Bertz CT molecular complexity index is 344. The van der Waals surface area contributed by atoms with Crippen LogP contribution in [0.4, 0.5) is 0 Å². The van der Waals surface area contributed by atoms with Crippen LogP contribution < -0.4 is 0 Å². The molecule has 0 unspecified atom stereocenters. The van der Waals surface area contributed by atoms with Crippen molar-refractivity contribution in [3.05, 3.63) is 21.5 Å². The van der Waals surface area contributed by atoms with Crippen LogP contribution in [-0.4, -0.2) is 8.42 Å². The number of sulfone groups is 1. The van der Waals surface area contributed by atoms with Crippen LogP contribution in [0.2, 0.25) is 0 Å². The first kappa shape index (κ1) is 6.16. The third kappa shape index (κ3) is 0.515. The van der Waals surface area contributed by atoms with E-state index in [0.29, 0.717) is 9.81 Å². The van der Waals surface area contributed by atoms with E-state index < -0.39 is 9.84 Å². The van der Waals surface area contributed by atoms with Gasteiger partial charge in [-0.1, -0.05) is 5.57 Å². The molecule has 0 aromatic heterocycles. The molecule has 0 aromatic carbocycles. The first-order valence-electron chi connectivity index (χ1n) is 3.28. The molecule has 54 valence electrons. The lowest BCUT2D eigenvalue weighted by atomic mass is 10.1. The second-order valence-corrected chi connectivity index (χ2v) is 4.73.